The fraction of sp³-hybridized carbons (Fsp3) is 0.696. The van der Waals surface area contributed by atoms with Crippen molar-refractivity contribution in [1.82, 2.24) is 9.62 Å². The van der Waals surface area contributed by atoms with Gasteiger partial charge in [-0.3, -0.25) is 4.79 Å². The third-order valence-electron chi connectivity index (χ3n) is 7.38. The molecule has 2 saturated carbocycles. The minimum atomic E-state index is -3.75. The Hall–Kier alpha value is -1.60. The second-order valence-electron chi connectivity index (χ2n) is 9.25. The Bertz CT molecular complexity index is 879. The van der Waals surface area contributed by atoms with E-state index in [0.717, 1.165) is 51.5 Å². The van der Waals surface area contributed by atoms with E-state index in [0.29, 0.717) is 17.4 Å². The molecule has 1 amide bonds. The lowest BCUT2D eigenvalue weighted by molar-refractivity contribution is 0.0217. The Morgan fingerprint density at radius 2 is 1.77 bits per heavy atom. The van der Waals surface area contributed by atoms with Crippen LogP contribution in [-0.2, 0) is 10.0 Å². The van der Waals surface area contributed by atoms with Gasteiger partial charge in [-0.25, -0.2) is 13.1 Å². The zero-order valence-corrected chi connectivity index (χ0v) is 18.9. The molecule has 3 aliphatic rings. The number of amides is 1. The monoisotopic (exact) mass is 434 g/mol. The lowest BCUT2D eigenvalue weighted by atomic mass is 9.72. The molecular formula is C23H34N2O4S. The topological polar surface area (TPSA) is 75.7 Å². The number of carbonyl (C=O) groups is 1. The van der Waals surface area contributed by atoms with Crippen molar-refractivity contribution in [2.45, 2.75) is 81.7 Å². The number of likely N-dealkylation sites (tertiary alicyclic amines) is 1. The van der Waals surface area contributed by atoms with Gasteiger partial charge in [0.15, 0.2) is 0 Å². The molecule has 3 atom stereocenters. The molecule has 0 bridgehead atoms. The predicted octanol–water partition coefficient (Wildman–Crippen LogP) is 3.96. The standard InChI is InChI=1S/C23H34N2O4S/c1-16-13-14-25(20-10-6-5-9-19(16)20)23(26)17-11-12-21(29-2)22(15-17)30(27,28)24-18-7-3-4-8-18/h11-12,15-16,18-20,24H,3-10,13-14H2,1-2H3/t16-,19-,20+/m0/s1. The van der Waals surface area contributed by atoms with E-state index < -0.39 is 10.0 Å². The molecule has 4 rings (SSSR count). The van der Waals surface area contributed by atoms with Gasteiger partial charge in [0.25, 0.3) is 5.91 Å². The summed E-state index contributed by atoms with van der Waals surface area (Å²) in [6, 6.07) is 5.06. The smallest absolute Gasteiger partial charge is 0.254 e. The summed E-state index contributed by atoms with van der Waals surface area (Å²) in [4.78, 5) is 15.5. The molecule has 0 radical (unpaired) electrons. The van der Waals surface area contributed by atoms with Gasteiger partial charge in [0.1, 0.15) is 10.6 Å². The molecule has 7 heteroatoms. The van der Waals surface area contributed by atoms with Crippen LogP contribution in [0.4, 0.5) is 0 Å². The number of hydrogen-bond donors (Lipinski definition) is 1. The van der Waals surface area contributed by atoms with Crippen molar-refractivity contribution < 1.29 is 17.9 Å². The normalized spacial score (nSPS) is 27.7. The molecule has 1 aliphatic heterocycles. The fourth-order valence-corrected chi connectivity index (χ4v) is 7.18. The zero-order chi connectivity index (χ0) is 21.3. The van der Waals surface area contributed by atoms with Gasteiger partial charge < -0.3 is 9.64 Å². The molecule has 2 aliphatic carbocycles. The predicted molar refractivity (Wildman–Crippen MR) is 116 cm³/mol. The number of benzene rings is 1. The van der Waals surface area contributed by atoms with Crippen molar-refractivity contribution in [3.05, 3.63) is 23.8 Å². The van der Waals surface area contributed by atoms with Crippen LogP contribution in [0, 0.1) is 11.8 Å². The average Bonchev–Trinajstić information content (AvgIpc) is 3.25. The van der Waals surface area contributed by atoms with Crippen LogP contribution in [0.3, 0.4) is 0 Å². The van der Waals surface area contributed by atoms with Crippen molar-refractivity contribution in [3.8, 4) is 5.75 Å². The first-order valence-corrected chi connectivity index (χ1v) is 12.9. The average molecular weight is 435 g/mol. The minimum Gasteiger partial charge on any atom is -0.495 e. The highest BCUT2D eigenvalue weighted by atomic mass is 32.2. The maximum Gasteiger partial charge on any atom is 0.254 e. The molecular weight excluding hydrogens is 400 g/mol. The molecule has 1 aromatic rings. The lowest BCUT2D eigenvalue weighted by Gasteiger charge is -2.47. The van der Waals surface area contributed by atoms with Gasteiger partial charge in [-0.2, -0.15) is 0 Å². The molecule has 30 heavy (non-hydrogen) atoms. The van der Waals surface area contributed by atoms with E-state index >= 15 is 0 Å². The summed E-state index contributed by atoms with van der Waals surface area (Å²) in [5, 5.41) is 0. The Kier molecular flexibility index (Phi) is 6.39. The summed E-state index contributed by atoms with van der Waals surface area (Å²) in [6.07, 6.45) is 9.43. The second kappa shape index (κ2) is 8.87. The van der Waals surface area contributed by atoms with E-state index in [9.17, 15) is 13.2 Å². The van der Waals surface area contributed by atoms with E-state index in [1.165, 1.54) is 26.0 Å². The maximum atomic E-state index is 13.5. The number of hydrogen-bond acceptors (Lipinski definition) is 4. The van der Waals surface area contributed by atoms with E-state index in [2.05, 4.69) is 11.6 Å². The molecule has 3 fully saturated rings. The summed E-state index contributed by atoms with van der Waals surface area (Å²) in [5.41, 5.74) is 0.432. The third-order valence-corrected chi connectivity index (χ3v) is 8.92. The number of piperidine rings is 1. The summed E-state index contributed by atoms with van der Waals surface area (Å²) in [5.74, 6) is 1.42. The van der Waals surface area contributed by atoms with Gasteiger partial charge >= 0.3 is 0 Å². The first kappa shape index (κ1) is 21.6. The van der Waals surface area contributed by atoms with Crippen LogP contribution in [-0.4, -0.2) is 45.0 Å². The van der Waals surface area contributed by atoms with Gasteiger partial charge in [0.05, 0.1) is 7.11 Å². The number of fused-ring (bicyclic) bond motifs is 1. The first-order valence-electron chi connectivity index (χ1n) is 11.4. The Morgan fingerprint density at radius 3 is 2.50 bits per heavy atom. The molecule has 0 aromatic heterocycles. The van der Waals surface area contributed by atoms with Gasteiger partial charge in [0, 0.05) is 24.2 Å². The largest absolute Gasteiger partial charge is 0.495 e. The second-order valence-corrected chi connectivity index (χ2v) is 10.9. The highest BCUT2D eigenvalue weighted by Crippen LogP contribution is 2.39. The number of carbonyl (C=O) groups excluding carboxylic acids is 1. The van der Waals surface area contributed by atoms with Crippen molar-refractivity contribution in [3.63, 3.8) is 0 Å². The van der Waals surface area contributed by atoms with E-state index in [-0.39, 0.29) is 28.6 Å². The molecule has 166 valence electrons. The summed E-state index contributed by atoms with van der Waals surface area (Å²) in [6.45, 7) is 3.05. The fourth-order valence-electron chi connectivity index (χ4n) is 5.68. The molecule has 6 nitrogen and oxygen atoms in total. The summed E-state index contributed by atoms with van der Waals surface area (Å²) >= 11 is 0. The van der Waals surface area contributed by atoms with Gasteiger partial charge in [-0.05, 0) is 62.1 Å². The molecule has 0 spiro atoms. The number of methoxy groups -OCH3 is 1. The van der Waals surface area contributed by atoms with Crippen LogP contribution in [0.2, 0.25) is 0 Å². The van der Waals surface area contributed by atoms with E-state index in [4.69, 9.17) is 4.74 Å². The molecule has 1 saturated heterocycles. The summed E-state index contributed by atoms with van der Waals surface area (Å²) in [7, 11) is -2.29. The minimum absolute atomic E-state index is 0.0364. The molecule has 1 N–H and O–H groups in total. The van der Waals surface area contributed by atoms with Crippen molar-refractivity contribution >= 4 is 15.9 Å². The zero-order valence-electron chi connectivity index (χ0n) is 18.1. The number of nitrogens with zero attached hydrogens (tertiary/aromatic N) is 1. The maximum absolute atomic E-state index is 13.5. The number of rotatable bonds is 5. The highest BCUT2D eigenvalue weighted by molar-refractivity contribution is 7.89. The van der Waals surface area contributed by atoms with Gasteiger partial charge in [0.2, 0.25) is 10.0 Å². The van der Waals surface area contributed by atoms with Crippen LogP contribution in [0.1, 0.15) is 75.1 Å². The van der Waals surface area contributed by atoms with E-state index in [1.807, 2.05) is 4.90 Å². The number of nitrogens with one attached hydrogen (secondary N) is 1. The Morgan fingerprint density at radius 1 is 1.07 bits per heavy atom. The summed E-state index contributed by atoms with van der Waals surface area (Å²) < 4.78 is 34.3. The van der Waals surface area contributed by atoms with Crippen LogP contribution >= 0.6 is 0 Å². The Labute approximate surface area is 180 Å². The first-order chi connectivity index (χ1) is 14.4. The van der Waals surface area contributed by atoms with Gasteiger partial charge in [-0.1, -0.05) is 32.6 Å². The Balaban J connectivity index is 1.61. The highest BCUT2D eigenvalue weighted by Gasteiger charge is 2.40. The SMILES string of the molecule is COc1ccc(C(=O)N2CC[C@H](C)[C@@H]3CCCC[C@H]32)cc1S(=O)(=O)NC1CCCC1. The van der Waals surface area contributed by atoms with Gasteiger partial charge in [-0.15, -0.1) is 0 Å². The quantitative estimate of drug-likeness (QED) is 0.761. The van der Waals surface area contributed by atoms with Crippen molar-refractivity contribution in [2.24, 2.45) is 11.8 Å². The lowest BCUT2D eigenvalue weighted by Crippen LogP contribution is -2.52. The molecule has 1 aromatic carbocycles. The van der Waals surface area contributed by atoms with Crippen LogP contribution < -0.4 is 9.46 Å². The molecule has 0 unspecified atom stereocenters. The van der Waals surface area contributed by atoms with Crippen molar-refractivity contribution in [1.29, 1.82) is 0 Å². The van der Waals surface area contributed by atoms with Crippen LogP contribution in [0.25, 0.3) is 0 Å². The number of sulfonamides is 1. The van der Waals surface area contributed by atoms with Crippen molar-refractivity contribution in [2.75, 3.05) is 13.7 Å². The third kappa shape index (κ3) is 4.24. The van der Waals surface area contributed by atoms with Crippen LogP contribution in [0.15, 0.2) is 23.1 Å². The van der Waals surface area contributed by atoms with E-state index in [1.54, 1.807) is 12.1 Å². The number of ether oxygens (including phenoxy) is 1. The van der Waals surface area contributed by atoms with Crippen LogP contribution in [0.5, 0.6) is 5.75 Å². The molecule has 1 heterocycles.